The minimum atomic E-state index is 0.606. The molecule has 0 bridgehead atoms. The van der Waals surface area contributed by atoms with Crippen molar-refractivity contribution in [1.29, 1.82) is 0 Å². The van der Waals surface area contributed by atoms with E-state index >= 15 is 0 Å². The zero-order valence-corrected chi connectivity index (χ0v) is 9.66. The molecule has 0 radical (unpaired) electrons. The number of aromatic nitrogens is 3. The van der Waals surface area contributed by atoms with E-state index in [1.54, 1.807) is 0 Å². The molecule has 0 atom stereocenters. The molecule has 4 heteroatoms. The van der Waals surface area contributed by atoms with Crippen LogP contribution < -0.4 is 5.32 Å². The Hall–Kier alpha value is -0.900. The number of piperidine rings is 1. The Morgan fingerprint density at radius 1 is 1.40 bits per heavy atom. The van der Waals surface area contributed by atoms with Crippen molar-refractivity contribution in [2.24, 2.45) is 7.05 Å². The van der Waals surface area contributed by atoms with E-state index in [9.17, 15) is 0 Å². The van der Waals surface area contributed by atoms with Gasteiger partial charge in [0.05, 0.1) is 0 Å². The zero-order valence-electron chi connectivity index (χ0n) is 9.66. The molecular formula is C11H20N4. The maximum Gasteiger partial charge on any atom is 0.150 e. The molecule has 0 aliphatic carbocycles. The van der Waals surface area contributed by atoms with Gasteiger partial charge in [0, 0.05) is 19.4 Å². The Labute approximate surface area is 91.1 Å². The van der Waals surface area contributed by atoms with Crippen LogP contribution in [0.4, 0.5) is 0 Å². The van der Waals surface area contributed by atoms with Gasteiger partial charge in [-0.05, 0) is 32.4 Å². The highest BCUT2D eigenvalue weighted by Crippen LogP contribution is 2.23. The lowest BCUT2D eigenvalue weighted by Gasteiger charge is -2.21. The standard InChI is InChI=1S/C11H20N4/c1-3-4-10-13-11(15(2)14-10)9-5-7-12-8-6-9/h9,12H,3-8H2,1-2H3. The molecule has 1 aliphatic heterocycles. The molecule has 2 heterocycles. The third kappa shape index (κ3) is 2.37. The zero-order chi connectivity index (χ0) is 10.7. The molecule has 1 fully saturated rings. The van der Waals surface area contributed by atoms with E-state index in [-0.39, 0.29) is 0 Å². The summed E-state index contributed by atoms with van der Waals surface area (Å²) in [6.07, 6.45) is 4.50. The number of hydrogen-bond acceptors (Lipinski definition) is 3. The number of rotatable bonds is 3. The van der Waals surface area contributed by atoms with Crippen molar-refractivity contribution in [3.05, 3.63) is 11.6 Å². The maximum absolute atomic E-state index is 4.65. The van der Waals surface area contributed by atoms with E-state index < -0.39 is 0 Å². The molecule has 2 rings (SSSR count). The minimum Gasteiger partial charge on any atom is -0.317 e. The van der Waals surface area contributed by atoms with E-state index in [1.807, 2.05) is 11.7 Å². The highest BCUT2D eigenvalue weighted by molar-refractivity contribution is 5.01. The van der Waals surface area contributed by atoms with Crippen LogP contribution in [0.3, 0.4) is 0 Å². The normalized spacial score (nSPS) is 18.3. The van der Waals surface area contributed by atoms with Crippen molar-refractivity contribution >= 4 is 0 Å². The van der Waals surface area contributed by atoms with Crippen LogP contribution in [0.15, 0.2) is 0 Å². The summed E-state index contributed by atoms with van der Waals surface area (Å²) in [6.45, 7) is 4.39. The van der Waals surface area contributed by atoms with Gasteiger partial charge in [0.15, 0.2) is 5.82 Å². The second-order valence-corrected chi connectivity index (χ2v) is 4.28. The maximum atomic E-state index is 4.65. The topological polar surface area (TPSA) is 42.7 Å². The van der Waals surface area contributed by atoms with Crippen LogP contribution in [-0.2, 0) is 13.5 Å². The Morgan fingerprint density at radius 2 is 2.13 bits per heavy atom. The van der Waals surface area contributed by atoms with Gasteiger partial charge in [0.25, 0.3) is 0 Å². The van der Waals surface area contributed by atoms with E-state index in [0.717, 1.165) is 31.8 Å². The Morgan fingerprint density at radius 3 is 2.80 bits per heavy atom. The lowest BCUT2D eigenvalue weighted by molar-refractivity contribution is 0.432. The first kappa shape index (κ1) is 10.6. The summed E-state index contributed by atoms with van der Waals surface area (Å²) in [5.74, 6) is 2.79. The first-order valence-corrected chi connectivity index (χ1v) is 5.91. The SMILES string of the molecule is CCCc1nc(C2CCNCC2)n(C)n1. The highest BCUT2D eigenvalue weighted by atomic mass is 15.3. The lowest BCUT2D eigenvalue weighted by Crippen LogP contribution is -2.27. The summed E-state index contributed by atoms with van der Waals surface area (Å²) in [5, 5.41) is 7.84. The van der Waals surface area contributed by atoms with Crippen molar-refractivity contribution < 1.29 is 0 Å². The average molecular weight is 208 g/mol. The van der Waals surface area contributed by atoms with E-state index in [0.29, 0.717) is 5.92 Å². The minimum absolute atomic E-state index is 0.606. The molecule has 1 aromatic rings. The highest BCUT2D eigenvalue weighted by Gasteiger charge is 2.20. The van der Waals surface area contributed by atoms with Crippen LogP contribution in [0.5, 0.6) is 0 Å². The fraction of sp³-hybridized carbons (Fsp3) is 0.818. The van der Waals surface area contributed by atoms with E-state index in [2.05, 4.69) is 22.3 Å². The fourth-order valence-corrected chi connectivity index (χ4v) is 2.22. The third-order valence-corrected chi connectivity index (χ3v) is 3.02. The molecule has 0 saturated carbocycles. The van der Waals surface area contributed by atoms with E-state index in [4.69, 9.17) is 0 Å². The first-order valence-electron chi connectivity index (χ1n) is 5.91. The van der Waals surface area contributed by atoms with Gasteiger partial charge in [-0.2, -0.15) is 5.10 Å². The molecule has 15 heavy (non-hydrogen) atoms. The molecule has 4 nitrogen and oxygen atoms in total. The van der Waals surface area contributed by atoms with Gasteiger partial charge in [-0.3, -0.25) is 4.68 Å². The molecule has 0 aromatic carbocycles. The molecule has 84 valence electrons. The summed E-state index contributed by atoms with van der Waals surface area (Å²) in [4.78, 5) is 4.65. The second-order valence-electron chi connectivity index (χ2n) is 4.28. The molecular weight excluding hydrogens is 188 g/mol. The van der Waals surface area contributed by atoms with Crippen LogP contribution in [0.2, 0.25) is 0 Å². The molecule has 1 aliphatic rings. The summed E-state index contributed by atoms with van der Waals surface area (Å²) in [7, 11) is 2.02. The van der Waals surface area contributed by atoms with Gasteiger partial charge in [-0.25, -0.2) is 4.98 Å². The Bertz CT molecular complexity index is 312. The largest absolute Gasteiger partial charge is 0.317 e. The number of aryl methyl sites for hydroxylation is 2. The van der Waals surface area contributed by atoms with Gasteiger partial charge in [-0.15, -0.1) is 0 Å². The summed E-state index contributed by atoms with van der Waals surface area (Å²) in [5.41, 5.74) is 0. The van der Waals surface area contributed by atoms with Crippen LogP contribution >= 0.6 is 0 Å². The lowest BCUT2D eigenvalue weighted by atomic mass is 9.97. The molecule has 0 amide bonds. The van der Waals surface area contributed by atoms with Crippen LogP contribution in [0, 0.1) is 0 Å². The van der Waals surface area contributed by atoms with Crippen molar-refractivity contribution in [2.75, 3.05) is 13.1 Å². The second kappa shape index (κ2) is 4.75. The van der Waals surface area contributed by atoms with Crippen molar-refractivity contribution in [2.45, 2.75) is 38.5 Å². The van der Waals surface area contributed by atoms with Crippen LogP contribution in [0.1, 0.15) is 43.8 Å². The predicted molar refractivity (Wildman–Crippen MR) is 59.8 cm³/mol. The van der Waals surface area contributed by atoms with Crippen molar-refractivity contribution in [1.82, 2.24) is 20.1 Å². The average Bonchev–Trinajstić information content (AvgIpc) is 2.61. The molecule has 1 N–H and O–H groups in total. The number of nitrogens with zero attached hydrogens (tertiary/aromatic N) is 3. The molecule has 1 aromatic heterocycles. The third-order valence-electron chi connectivity index (χ3n) is 3.02. The Balaban J connectivity index is 2.11. The summed E-state index contributed by atoms with van der Waals surface area (Å²) in [6, 6.07) is 0. The Kier molecular flexibility index (Phi) is 3.36. The quantitative estimate of drug-likeness (QED) is 0.812. The first-order chi connectivity index (χ1) is 7.31. The van der Waals surface area contributed by atoms with Gasteiger partial charge in [0.1, 0.15) is 5.82 Å². The van der Waals surface area contributed by atoms with Crippen LogP contribution in [0.25, 0.3) is 0 Å². The van der Waals surface area contributed by atoms with Crippen LogP contribution in [-0.4, -0.2) is 27.9 Å². The molecule has 1 saturated heterocycles. The molecule has 0 spiro atoms. The molecule has 0 unspecified atom stereocenters. The van der Waals surface area contributed by atoms with Gasteiger partial charge >= 0.3 is 0 Å². The number of hydrogen-bond donors (Lipinski definition) is 1. The summed E-state index contributed by atoms with van der Waals surface area (Å²) >= 11 is 0. The summed E-state index contributed by atoms with van der Waals surface area (Å²) < 4.78 is 1.97. The predicted octanol–water partition coefficient (Wildman–Crippen LogP) is 1.23. The van der Waals surface area contributed by atoms with E-state index in [1.165, 1.54) is 18.7 Å². The van der Waals surface area contributed by atoms with Gasteiger partial charge in [-0.1, -0.05) is 6.92 Å². The van der Waals surface area contributed by atoms with Crippen molar-refractivity contribution in [3.8, 4) is 0 Å². The van der Waals surface area contributed by atoms with Gasteiger partial charge in [0.2, 0.25) is 0 Å². The smallest absolute Gasteiger partial charge is 0.150 e. The van der Waals surface area contributed by atoms with Gasteiger partial charge < -0.3 is 5.32 Å². The van der Waals surface area contributed by atoms with Crippen molar-refractivity contribution in [3.63, 3.8) is 0 Å². The fourth-order valence-electron chi connectivity index (χ4n) is 2.22. The number of nitrogens with one attached hydrogen (secondary N) is 1. The monoisotopic (exact) mass is 208 g/mol.